The van der Waals surface area contributed by atoms with E-state index in [1.165, 1.54) is 321 Å². The minimum absolute atomic E-state index is 0.0144. The van der Waals surface area contributed by atoms with Crippen LogP contribution in [0.3, 0.4) is 0 Å². The lowest BCUT2D eigenvalue weighted by Crippen LogP contribution is -2.45. The SMILES string of the molecule is CCCCC/C=C\C/C=C\CCCCCCCCCCCC(=O)OCCCCCCCCCCCCCC/C=C\CCCCCCCCCCCCCCCCCCC(=O)NC(CO)C(O)/C=C/CCCCCCCCCCCCCC. The third-order valence-corrected chi connectivity index (χ3v) is 17.1. The van der Waals surface area contributed by atoms with Crippen LogP contribution < -0.4 is 5.32 Å². The van der Waals surface area contributed by atoms with Crippen molar-refractivity contribution in [2.75, 3.05) is 13.2 Å². The zero-order valence-corrected chi connectivity index (χ0v) is 55.2. The van der Waals surface area contributed by atoms with Gasteiger partial charge in [-0.25, -0.2) is 0 Å². The number of hydrogen-bond acceptors (Lipinski definition) is 5. The minimum atomic E-state index is -0.843. The molecule has 3 N–H and O–H groups in total. The molecule has 0 heterocycles. The fourth-order valence-corrected chi connectivity index (χ4v) is 11.4. The molecule has 0 spiro atoms. The summed E-state index contributed by atoms with van der Waals surface area (Å²) < 4.78 is 5.51. The molecule has 0 bridgehead atoms. The molecule has 0 aromatic rings. The largest absolute Gasteiger partial charge is 0.466 e. The minimum Gasteiger partial charge on any atom is -0.466 e. The van der Waals surface area contributed by atoms with Crippen LogP contribution in [0, 0.1) is 0 Å². The lowest BCUT2D eigenvalue weighted by atomic mass is 10.0. The van der Waals surface area contributed by atoms with Crippen LogP contribution in [0.1, 0.15) is 399 Å². The van der Waals surface area contributed by atoms with Crippen molar-refractivity contribution in [1.29, 1.82) is 0 Å². The fraction of sp³-hybridized carbons (Fsp3) is 0.868. The summed E-state index contributed by atoms with van der Waals surface area (Å²) >= 11 is 0. The van der Waals surface area contributed by atoms with Crippen molar-refractivity contribution >= 4 is 11.9 Å². The number of aliphatic hydroxyl groups excluding tert-OH is 2. The number of allylic oxidation sites excluding steroid dienone is 7. The second-order valence-corrected chi connectivity index (χ2v) is 25.3. The molecule has 0 aliphatic rings. The molecular weight excluding hydrogens is 1010 g/mol. The molecule has 2 atom stereocenters. The Hall–Kier alpha value is -2.18. The molecule has 0 aromatic carbocycles. The highest BCUT2D eigenvalue weighted by molar-refractivity contribution is 5.76. The normalized spacial score (nSPS) is 12.8. The molecule has 0 saturated heterocycles. The van der Waals surface area contributed by atoms with Crippen LogP contribution in [0.25, 0.3) is 0 Å². The average Bonchev–Trinajstić information content (AvgIpc) is 3.48. The lowest BCUT2D eigenvalue weighted by molar-refractivity contribution is -0.143. The fourth-order valence-electron chi connectivity index (χ4n) is 11.4. The number of nitrogens with one attached hydrogen (secondary N) is 1. The second kappa shape index (κ2) is 71.3. The third-order valence-electron chi connectivity index (χ3n) is 17.1. The standard InChI is InChI=1S/C76H143NO5/c1-3-5-7-9-11-13-15-17-19-20-35-39-42-46-50-54-58-62-66-70-76(81)82-71-67-63-59-55-51-47-43-40-37-34-32-30-28-26-24-22-21-23-25-27-29-31-33-36-38-41-45-49-53-57-61-65-69-75(80)77-73(72-78)74(79)68-64-60-56-52-48-44-18-16-14-12-10-8-6-4-2/h11,13,17,19,24,26,64,68,73-74,78-79H,3-10,12,14-16,18,20-23,25,27-63,65-67,69-72H2,1-2H3,(H,77,80)/b13-11-,19-17-,26-24-,68-64+. The van der Waals surface area contributed by atoms with Gasteiger partial charge in [0.05, 0.1) is 25.4 Å². The molecule has 0 aliphatic carbocycles. The van der Waals surface area contributed by atoms with E-state index >= 15 is 0 Å². The monoisotopic (exact) mass is 1150 g/mol. The summed E-state index contributed by atoms with van der Waals surface area (Å²) in [5, 5.41) is 23.2. The van der Waals surface area contributed by atoms with Crippen LogP contribution >= 0.6 is 0 Å². The molecule has 6 nitrogen and oxygen atoms in total. The summed E-state index contributed by atoms with van der Waals surface area (Å²) in [6.07, 6.45) is 93.5. The molecular formula is C76H143NO5. The number of aliphatic hydroxyl groups is 2. The summed E-state index contributed by atoms with van der Waals surface area (Å²) in [7, 11) is 0. The van der Waals surface area contributed by atoms with Gasteiger partial charge in [-0.2, -0.15) is 0 Å². The van der Waals surface area contributed by atoms with Crippen LogP contribution in [0.2, 0.25) is 0 Å². The molecule has 0 aliphatic heterocycles. The number of carbonyl (C=O) groups is 2. The van der Waals surface area contributed by atoms with Gasteiger partial charge in [0.15, 0.2) is 0 Å². The van der Waals surface area contributed by atoms with Crippen molar-refractivity contribution in [1.82, 2.24) is 5.32 Å². The van der Waals surface area contributed by atoms with E-state index in [1.807, 2.05) is 6.08 Å². The molecule has 1 amide bonds. The summed E-state index contributed by atoms with van der Waals surface area (Å²) in [4.78, 5) is 24.6. The number of ether oxygens (including phenoxy) is 1. The van der Waals surface area contributed by atoms with Crippen LogP contribution in [-0.4, -0.2) is 47.4 Å². The Bertz CT molecular complexity index is 1370. The number of amides is 1. The topological polar surface area (TPSA) is 95.9 Å². The van der Waals surface area contributed by atoms with E-state index in [4.69, 9.17) is 4.74 Å². The van der Waals surface area contributed by atoms with Gasteiger partial charge in [-0.15, -0.1) is 0 Å². The van der Waals surface area contributed by atoms with Crippen molar-refractivity contribution in [3.8, 4) is 0 Å². The predicted octanol–water partition coefficient (Wildman–Crippen LogP) is 24.0. The van der Waals surface area contributed by atoms with Crippen LogP contribution in [0.5, 0.6) is 0 Å². The zero-order valence-electron chi connectivity index (χ0n) is 55.2. The van der Waals surface area contributed by atoms with Gasteiger partial charge in [0.2, 0.25) is 5.91 Å². The molecule has 482 valence electrons. The quantitative estimate of drug-likeness (QED) is 0.0320. The molecule has 0 rings (SSSR count). The van der Waals surface area contributed by atoms with Crippen molar-refractivity contribution < 1.29 is 24.5 Å². The second-order valence-electron chi connectivity index (χ2n) is 25.3. The highest BCUT2D eigenvalue weighted by Crippen LogP contribution is 2.18. The maximum absolute atomic E-state index is 12.5. The third kappa shape index (κ3) is 67.0. The summed E-state index contributed by atoms with van der Waals surface area (Å²) in [6.45, 7) is 4.90. The molecule has 82 heavy (non-hydrogen) atoms. The first-order valence-electron chi connectivity index (χ1n) is 36.9. The van der Waals surface area contributed by atoms with E-state index in [0.717, 1.165) is 51.4 Å². The highest BCUT2D eigenvalue weighted by Gasteiger charge is 2.18. The van der Waals surface area contributed by atoms with E-state index in [1.54, 1.807) is 6.08 Å². The first-order chi connectivity index (χ1) is 40.5. The maximum atomic E-state index is 12.5. The van der Waals surface area contributed by atoms with Gasteiger partial charge in [0, 0.05) is 12.8 Å². The molecule has 0 radical (unpaired) electrons. The highest BCUT2D eigenvalue weighted by atomic mass is 16.5. The Morgan fingerprint density at radius 3 is 0.963 bits per heavy atom. The van der Waals surface area contributed by atoms with Crippen molar-refractivity contribution in [2.45, 2.75) is 411 Å². The van der Waals surface area contributed by atoms with Gasteiger partial charge in [-0.05, 0) is 89.9 Å². The van der Waals surface area contributed by atoms with Gasteiger partial charge in [-0.3, -0.25) is 9.59 Å². The van der Waals surface area contributed by atoms with Gasteiger partial charge < -0.3 is 20.3 Å². The smallest absolute Gasteiger partial charge is 0.305 e. The van der Waals surface area contributed by atoms with E-state index < -0.39 is 12.1 Å². The zero-order chi connectivity index (χ0) is 59.2. The molecule has 0 fully saturated rings. The lowest BCUT2D eigenvalue weighted by Gasteiger charge is -2.20. The Labute approximate surface area is 512 Å². The number of carbonyl (C=O) groups excluding carboxylic acids is 2. The maximum Gasteiger partial charge on any atom is 0.305 e. The van der Waals surface area contributed by atoms with E-state index in [-0.39, 0.29) is 18.5 Å². The van der Waals surface area contributed by atoms with Crippen molar-refractivity contribution in [2.24, 2.45) is 0 Å². The Morgan fingerprint density at radius 1 is 0.341 bits per heavy atom. The van der Waals surface area contributed by atoms with Crippen molar-refractivity contribution in [3.05, 3.63) is 48.6 Å². The number of rotatable bonds is 69. The Kier molecular flexibility index (Phi) is 69.4. The molecule has 2 unspecified atom stereocenters. The van der Waals surface area contributed by atoms with Gasteiger partial charge in [0.1, 0.15) is 0 Å². The van der Waals surface area contributed by atoms with Gasteiger partial charge in [-0.1, -0.05) is 345 Å². The van der Waals surface area contributed by atoms with E-state index in [0.29, 0.717) is 19.4 Å². The van der Waals surface area contributed by atoms with E-state index in [2.05, 4.69) is 55.6 Å². The first-order valence-corrected chi connectivity index (χ1v) is 36.9. The van der Waals surface area contributed by atoms with E-state index in [9.17, 15) is 19.8 Å². The first kappa shape index (κ1) is 79.8. The molecule has 6 heteroatoms. The molecule has 0 aromatic heterocycles. The van der Waals surface area contributed by atoms with Gasteiger partial charge in [0.25, 0.3) is 0 Å². The predicted molar refractivity (Wildman–Crippen MR) is 361 cm³/mol. The number of hydrogen-bond donors (Lipinski definition) is 3. The number of unbranched alkanes of at least 4 members (excludes halogenated alkanes) is 52. The Morgan fingerprint density at radius 2 is 0.610 bits per heavy atom. The summed E-state index contributed by atoms with van der Waals surface area (Å²) in [6, 6.07) is -0.626. The van der Waals surface area contributed by atoms with Crippen LogP contribution in [0.15, 0.2) is 48.6 Å². The van der Waals surface area contributed by atoms with Crippen LogP contribution in [-0.2, 0) is 14.3 Å². The summed E-state index contributed by atoms with van der Waals surface area (Å²) in [5.74, 6) is -0.0494. The molecule has 0 saturated carbocycles. The Balaban J connectivity index is 3.35. The van der Waals surface area contributed by atoms with Crippen LogP contribution in [0.4, 0.5) is 0 Å². The van der Waals surface area contributed by atoms with Crippen molar-refractivity contribution in [3.63, 3.8) is 0 Å². The van der Waals surface area contributed by atoms with Gasteiger partial charge >= 0.3 is 5.97 Å². The average molecular weight is 1150 g/mol. The number of esters is 1. The summed E-state index contributed by atoms with van der Waals surface area (Å²) in [5.41, 5.74) is 0.